The van der Waals surface area contributed by atoms with Crippen LogP contribution in [0, 0.1) is 0 Å². The van der Waals surface area contributed by atoms with Gasteiger partial charge < -0.3 is 20.7 Å². The first kappa shape index (κ1) is 14.2. The Morgan fingerprint density at radius 2 is 2.00 bits per heavy atom. The summed E-state index contributed by atoms with van der Waals surface area (Å²) < 4.78 is 5.24. The molecule has 0 saturated carbocycles. The molecule has 0 radical (unpaired) electrons. The minimum Gasteiger partial charge on any atom is -0.378 e. The molecule has 2 heterocycles. The Hall–Kier alpha value is -1.18. The highest BCUT2D eigenvalue weighted by Crippen LogP contribution is 2.12. The van der Waals surface area contributed by atoms with Crippen LogP contribution in [0.5, 0.6) is 0 Å². The monoisotopic (exact) mass is 270 g/mol. The molecule has 2 rings (SSSR count). The number of piperazine rings is 1. The van der Waals surface area contributed by atoms with Crippen molar-refractivity contribution >= 4 is 11.8 Å². The number of nitrogens with zero attached hydrogens (tertiary/aromatic N) is 2. The van der Waals surface area contributed by atoms with Gasteiger partial charge in [0.25, 0.3) is 0 Å². The quantitative estimate of drug-likeness (QED) is 0.619. The fourth-order valence-electron chi connectivity index (χ4n) is 2.64. The second kappa shape index (κ2) is 6.31. The molecular weight excluding hydrogens is 248 g/mol. The van der Waals surface area contributed by atoms with Crippen molar-refractivity contribution in [3.63, 3.8) is 0 Å². The van der Waals surface area contributed by atoms with Gasteiger partial charge in [0.05, 0.1) is 19.3 Å². The number of nitrogens with one attached hydrogen (secondary N) is 1. The number of ether oxygens (including phenoxy) is 1. The van der Waals surface area contributed by atoms with Crippen molar-refractivity contribution in [3.05, 3.63) is 0 Å². The molecule has 2 saturated heterocycles. The lowest BCUT2D eigenvalue weighted by Crippen LogP contribution is -2.62. The molecule has 0 aromatic rings. The molecule has 3 N–H and O–H groups in total. The molecule has 0 spiro atoms. The first-order valence-corrected chi connectivity index (χ1v) is 6.73. The lowest BCUT2D eigenvalue weighted by atomic mass is 10.1. The second-order valence-corrected chi connectivity index (χ2v) is 4.97. The number of morpholine rings is 1. The molecule has 2 fully saturated rings. The van der Waals surface area contributed by atoms with Crippen LogP contribution >= 0.6 is 0 Å². The van der Waals surface area contributed by atoms with Gasteiger partial charge in [-0.2, -0.15) is 0 Å². The molecule has 2 aliphatic heterocycles. The maximum absolute atomic E-state index is 12.4. The van der Waals surface area contributed by atoms with Crippen LogP contribution in [-0.2, 0) is 14.3 Å². The van der Waals surface area contributed by atoms with E-state index >= 15 is 0 Å². The molecule has 2 aliphatic rings. The van der Waals surface area contributed by atoms with Crippen LogP contribution in [0.15, 0.2) is 0 Å². The third kappa shape index (κ3) is 3.23. The number of hydrogen-bond acceptors (Lipinski definition) is 5. The highest BCUT2D eigenvalue weighted by Gasteiger charge is 2.35. The maximum Gasteiger partial charge on any atom is 0.239 e. The number of amides is 2. The van der Waals surface area contributed by atoms with Gasteiger partial charge in [0.1, 0.15) is 6.04 Å². The van der Waals surface area contributed by atoms with Crippen molar-refractivity contribution in [3.8, 4) is 0 Å². The van der Waals surface area contributed by atoms with Gasteiger partial charge in [-0.25, -0.2) is 0 Å². The van der Waals surface area contributed by atoms with Gasteiger partial charge in [0, 0.05) is 32.7 Å². The minimum atomic E-state index is -0.409. The number of nitrogens with two attached hydrogens (primary N) is 1. The summed E-state index contributed by atoms with van der Waals surface area (Å²) in [6.07, 6.45) is 0. The van der Waals surface area contributed by atoms with Gasteiger partial charge in [0.2, 0.25) is 11.8 Å². The second-order valence-electron chi connectivity index (χ2n) is 4.97. The molecule has 19 heavy (non-hydrogen) atoms. The van der Waals surface area contributed by atoms with Crippen molar-refractivity contribution in [1.82, 2.24) is 15.1 Å². The van der Waals surface area contributed by atoms with E-state index in [4.69, 9.17) is 10.5 Å². The summed E-state index contributed by atoms with van der Waals surface area (Å²) in [6, 6.07) is -0.730. The van der Waals surface area contributed by atoms with E-state index in [0.717, 1.165) is 6.54 Å². The molecule has 0 bridgehead atoms. The van der Waals surface area contributed by atoms with Crippen molar-refractivity contribution in [1.29, 1.82) is 0 Å². The number of carbonyl (C=O) groups excluding carboxylic acids is 2. The van der Waals surface area contributed by atoms with Crippen molar-refractivity contribution < 1.29 is 14.3 Å². The van der Waals surface area contributed by atoms with Crippen LogP contribution < -0.4 is 11.1 Å². The van der Waals surface area contributed by atoms with Crippen LogP contribution in [0.4, 0.5) is 0 Å². The van der Waals surface area contributed by atoms with E-state index in [1.807, 2.05) is 11.8 Å². The molecule has 108 valence electrons. The van der Waals surface area contributed by atoms with E-state index in [9.17, 15) is 9.59 Å². The molecular formula is C12H22N4O3. The third-order valence-corrected chi connectivity index (χ3v) is 3.79. The van der Waals surface area contributed by atoms with E-state index < -0.39 is 6.04 Å². The van der Waals surface area contributed by atoms with Crippen molar-refractivity contribution in [2.45, 2.75) is 19.0 Å². The normalized spacial score (nSPS) is 27.0. The van der Waals surface area contributed by atoms with Gasteiger partial charge in [-0.1, -0.05) is 0 Å². The zero-order valence-electron chi connectivity index (χ0n) is 11.3. The van der Waals surface area contributed by atoms with Gasteiger partial charge in [-0.3, -0.25) is 14.5 Å². The van der Waals surface area contributed by atoms with Gasteiger partial charge >= 0.3 is 0 Å². The van der Waals surface area contributed by atoms with E-state index in [2.05, 4.69) is 5.32 Å². The average molecular weight is 270 g/mol. The molecule has 0 aliphatic carbocycles. The van der Waals surface area contributed by atoms with Crippen LogP contribution in [0.3, 0.4) is 0 Å². The Kier molecular flexibility index (Phi) is 4.73. The van der Waals surface area contributed by atoms with E-state index in [-0.39, 0.29) is 17.9 Å². The lowest BCUT2D eigenvalue weighted by Gasteiger charge is -2.40. The predicted molar refractivity (Wildman–Crippen MR) is 69.4 cm³/mol. The number of rotatable bonds is 3. The first-order valence-electron chi connectivity index (χ1n) is 6.73. The summed E-state index contributed by atoms with van der Waals surface area (Å²) >= 11 is 0. The predicted octanol–water partition coefficient (Wildman–Crippen LogP) is -2.01. The molecule has 2 amide bonds. The summed E-state index contributed by atoms with van der Waals surface area (Å²) in [5.41, 5.74) is 5.41. The molecule has 7 nitrogen and oxygen atoms in total. The zero-order chi connectivity index (χ0) is 13.8. The molecule has 0 aromatic carbocycles. The summed E-state index contributed by atoms with van der Waals surface area (Å²) in [5, 5.41) is 3.13. The Morgan fingerprint density at radius 1 is 1.32 bits per heavy atom. The molecule has 2 unspecified atom stereocenters. The van der Waals surface area contributed by atoms with Crippen LogP contribution in [0.25, 0.3) is 0 Å². The van der Waals surface area contributed by atoms with E-state index in [1.165, 1.54) is 0 Å². The summed E-state index contributed by atoms with van der Waals surface area (Å²) in [7, 11) is 0. The molecule has 0 aromatic heterocycles. The fraction of sp³-hybridized carbons (Fsp3) is 0.833. The number of carbonyl (C=O) groups is 2. The summed E-state index contributed by atoms with van der Waals surface area (Å²) in [4.78, 5) is 27.6. The Morgan fingerprint density at radius 3 is 2.63 bits per heavy atom. The highest BCUT2D eigenvalue weighted by atomic mass is 16.5. The highest BCUT2D eigenvalue weighted by molar-refractivity contribution is 5.84. The average Bonchev–Trinajstić information content (AvgIpc) is 2.46. The Bertz CT molecular complexity index is 344. The summed E-state index contributed by atoms with van der Waals surface area (Å²) in [6.45, 7) is 6.19. The van der Waals surface area contributed by atoms with Crippen molar-refractivity contribution in [2.75, 3.05) is 45.9 Å². The SMILES string of the molecule is CC(C(=O)N1CCOCC1)N1CCNCC1C(N)=O. The van der Waals surface area contributed by atoms with Crippen LogP contribution in [-0.4, -0.2) is 79.6 Å². The van der Waals surface area contributed by atoms with Gasteiger partial charge in [-0.05, 0) is 6.92 Å². The maximum atomic E-state index is 12.4. The zero-order valence-corrected chi connectivity index (χ0v) is 11.3. The first-order chi connectivity index (χ1) is 9.11. The fourth-order valence-corrected chi connectivity index (χ4v) is 2.64. The molecule has 2 atom stereocenters. The number of hydrogen-bond donors (Lipinski definition) is 2. The smallest absolute Gasteiger partial charge is 0.239 e. The standard InChI is InChI=1S/C12H22N4O3/c1-9(12(18)15-4-6-19-7-5-15)16-3-2-14-8-10(16)11(13)17/h9-10,14H,2-8H2,1H3,(H2,13,17). The number of primary amides is 1. The Balaban J connectivity index is 2.01. The minimum absolute atomic E-state index is 0.0523. The largest absolute Gasteiger partial charge is 0.378 e. The third-order valence-electron chi connectivity index (χ3n) is 3.79. The van der Waals surface area contributed by atoms with Crippen LogP contribution in [0.1, 0.15) is 6.92 Å². The van der Waals surface area contributed by atoms with Crippen LogP contribution in [0.2, 0.25) is 0 Å². The summed E-state index contributed by atoms with van der Waals surface area (Å²) in [5.74, 6) is -0.328. The Labute approximate surface area is 113 Å². The van der Waals surface area contributed by atoms with Gasteiger partial charge in [-0.15, -0.1) is 0 Å². The van der Waals surface area contributed by atoms with Crippen molar-refractivity contribution in [2.24, 2.45) is 5.73 Å². The topological polar surface area (TPSA) is 87.9 Å². The van der Waals surface area contributed by atoms with E-state index in [1.54, 1.807) is 4.90 Å². The van der Waals surface area contributed by atoms with E-state index in [0.29, 0.717) is 39.4 Å². The van der Waals surface area contributed by atoms with Gasteiger partial charge in [0.15, 0.2) is 0 Å². The lowest BCUT2D eigenvalue weighted by molar-refractivity contribution is -0.143. The molecule has 7 heteroatoms.